The molecule has 1 aromatic heterocycles. The summed E-state index contributed by atoms with van der Waals surface area (Å²) in [5, 5.41) is 3.87. The molecule has 0 amide bonds. The first-order chi connectivity index (χ1) is 13.3. The summed E-state index contributed by atoms with van der Waals surface area (Å²) in [5.74, 6) is 1.23. The molecule has 0 saturated carbocycles. The molecule has 1 N–H and O–H groups in total. The highest BCUT2D eigenvalue weighted by molar-refractivity contribution is 5.84. The van der Waals surface area contributed by atoms with E-state index in [0.29, 0.717) is 23.3 Å². The van der Waals surface area contributed by atoms with Gasteiger partial charge in [0, 0.05) is 18.1 Å². The second-order valence-corrected chi connectivity index (χ2v) is 6.35. The van der Waals surface area contributed by atoms with E-state index in [1.165, 1.54) is 11.6 Å². The van der Waals surface area contributed by atoms with Gasteiger partial charge in [0.2, 0.25) is 0 Å². The van der Waals surface area contributed by atoms with E-state index < -0.39 is 0 Å². The number of nitrogens with zero attached hydrogens (tertiary/aromatic N) is 1. The lowest BCUT2D eigenvalue weighted by molar-refractivity contribution is 0.316. The summed E-state index contributed by atoms with van der Waals surface area (Å²) in [4.78, 5) is 4.23. The number of rotatable bonds is 10. The van der Waals surface area contributed by atoms with Crippen LogP contribution in [0.5, 0.6) is 11.5 Å². The minimum Gasteiger partial charge on any atom is -0.497 e. The van der Waals surface area contributed by atoms with Gasteiger partial charge in [-0.15, -0.1) is 0 Å². The van der Waals surface area contributed by atoms with Crippen LogP contribution in [-0.4, -0.2) is 31.8 Å². The second kappa shape index (κ2) is 9.88. The number of halogens is 1. The van der Waals surface area contributed by atoms with Crippen LogP contribution < -0.4 is 14.8 Å². The molecule has 27 heavy (non-hydrogen) atoms. The van der Waals surface area contributed by atoms with E-state index in [2.05, 4.69) is 22.4 Å². The molecule has 0 fully saturated rings. The first-order valence-electron chi connectivity index (χ1n) is 9.27. The van der Waals surface area contributed by atoms with E-state index >= 15 is 0 Å². The first-order valence-corrected chi connectivity index (χ1v) is 9.27. The third kappa shape index (κ3) is 5.41. The van der Waals surface area contributed by atoms with Gasteiger partial charge in [0.15, 0.2) is 0 Å². The molecule has 3 rings (SSSR count). The monoisotopic (exact) mass is 368 g/mol. The molecule has 0 aliphatic heterocycles. The van der Waals surface area contributed by atoms with Crippen molar-refractivity contribution in [1.29, 1.82) is 0 Å². The number of nitrogens with one attached hydrogen (secondary N) is 1. The largest absolute Gasteiger partial charge is 0.497 e. The van der Waals surface area contributed by atoms with Gasteiger partial charge in [-0.2, -0.15) is 0 Å². The molecular weight excluding hydrogens is 343 g/mol. The van der Waals surface area contributed by atoms with Crippen molar-refractivity contribution in [2.24, 2.45) is 0 Å². The Morgan fingerprint density at radius 2 is 1.85 bits per heavy atom. The van der Waals surface area contributed by atoms with Crippen molar-refractivity contribution in [3.8, 4) is 11.5 Å². The molecule has 0 aliphatic rings. The maximum absolute atomic E-state index is 13.8. The van der Waals surface area contributed by atoms with Crippen LogP contribution in [0.4, 0.5) is 4.39 Å². The quantitative estimate of drug-likeness (QED) is 0.540. The zero-order valence-electron chi connectivity index (χ0n) is 15.6. The average molecular weight is 368 g/mol. The number of methoxy groups -OCH3 is 1. The van der Waals surface area contributed by atoms with Crippen molar-refractivity contribution in [2.75, 3.05) is 26.8 Å². The fourth-order valence-electron chi connectivity index (χ4n) is 2.96. The van der Waals surface area contributed by atoms with Gasteiger partial charge < -0.3 is 14.8 Å². The molecule has 1 heterocycles. The number of pyridine rings is 1. The predicted molar refractivity (Wildman–Crippen MR) is 106 cm³/mol. The van der Waals surface area contributed by atoms with Gasteiger partial charge in [-0.05, 0) is 67.8 Å². The molecule has 2 aromatic carbocycles. The van der Waals surface area contributed by atoms with Gasteiger partial charge in [-0.3, -0.25) is 4.98 Å². The number of unbranched alkanes of at least 4 members (excludes halogenated alkanes) is 1. The third-order valence-electron chi connectivity index (χ3n) is 4.44. The van der Waals surface area contributed by atoms with Gasteiger partial charge in [0.1, 0.15) is 29.4 Å². The van der Waals surface area contributed by atoms with Crippen LogP contribution in [0.1, 0.15) is 18.4 Å². The molecule has 3 aromatic rings. The number of aromatic nitrogens is 1. The lowest BCUT2D eigenvalue weighted by Gasteiger charge is -2.10. The summed E-state index contributed by atoms with van der Waals surface area (Å²) in [6, 6.07) is 14.7. The van der Waals surface area contributed by atoms with E-state index in [1.54, 1.807) is 31.5 Å². The van der Waals surface area contributed by atoms with Crippen molar-refractivity contribution < 1.29 is 13.9 Å². The fourth-order valence-corrected chi connectivity index (χ4v) is 2.96. The summed E-state index contributed by atoms with van der Waals surface area (Å²) < 4.78 is 24.7. The van der Waals surface area contributed by atoms with Crippen LogP contribution in [0.25, 0.3) is 10.9 Å². The maximum atomic E-state index is 13.8. The minimum absolute atomic E-state index is 0.277. The Morgan fingerprint density at radius 3 is 2.67 bits per heavy atom. The molecule has 5 heteroatoms. The Balaban J connectivity index is 1.32. The Kier molecular flexibility index (Phi) is 6.99. The standard InChI is InChI=1S/C22H25FN2O2/c1-26-18-9-7-17(8-10-18)5-2-3-13-24-15-16-27-21-12-11-20(23)19-6-4-14-25-22(19)21/h4,6-12,14,24H,2-3,5,13,15-16H2,1H3. The summed E-state index contributed by atoms with van der Waals surface area (Å²) >= 11 is 0. The van der Waals surface area contributed by atoms with Gasteiger partial charge in [-0.25, -0.2) is 4.39 Å². The summed E-state index contributed by atoms with van der Waals surface area (Å²) in [6.07, 6.45) is 4.95. The zero-order chi connectivity index (χ0) is 18.9. The molecule has 142 valence electrons. The molecule has 0 atom stereocenters. The Bertz CT molecular complexity index is 853. The third-order valence-corrected chi connectivity index (χ3v) is 4.44. The van der Waals surface area contributed by atoms with E-state index in [1.807, 2.05) is 12.1 Å². The summed E-state index contributed by atoms with van der Waals surface area (Å²) in [7, 11) is 1.68. The minimum atomic E-state index is -0.277. The van der Waals surface area contributed by atoms with E-state index in [0.717, 1.165) is 38.1 Å². The Labute approximate surface area is 159 Å². The van der Waals surface area contributed by atoms with Crippen molar-refractivity contribution in [3.05, 3.63) is 66.1 Å². The normalized spacial score (nSPS) is 10.9. The SMILES string of the molecule is COc1ccc(CCCCNCCOc2ccc(F)c3cccnc23)cc1. The highest BCUT2D eigenvalue weighted by Gasteiger charge is 2.07. The summed E-state index contributed by atoms with van der Waals surface area (Å²) in [6.45, 7) is 2.21. The van der Waals surface area contributed by atoms with E-state index in [4.69, 9.17) is 9.47 Å². The van der Waals surface area contributed by atoms with Gasteiger partial charge in [0.05, 0.1) is 7.11 Å². The number of benzene rings is 2. The van der Waals surface area contributed by atoms with Crippen LogP contribution >= 0.6 is 0 Å². The van der Waals surface area contributed by atoms with Crippen LogP contribution in [0.3, 0.4) is 0 Å². The smallest absolute Gasteiger partial charge is 0.145 e. The van der Waals surface area contributed by atoms with Crippen LogP contribution in [0, 0.1) is 5.82 Å². The summed E-state index contributed by atoms with van der Waals surface area (Å²) in [5.41, 5.74) is 1.90. The molecule has 0 radical (unpaired) electrons. The number of ether oxygens (including phenoxy) is 2. The molecule has 0 bridgehead atoms. The maximum Gasteiger partial charge on any atom is 0.145 e. The number of hydrogen-bond acceptors (Lipinski definition) is 4. The molecule has 0 aliphatic carbocycles. The van der Waals surface area contributed by atoms with Crippen LogP contribution in [0.2, 0.25) is 0 Å². The molecular formula is C22H25FN2O2. The number of aryl methyl sites for hydroxylation is 1. The average Bonchev–Trinajstić information content (AvgIpc) is 2.72. The van der Waals surface area contributed by atoms with Crippen molar-refractivity contribution in [1.82, 2.24) is 10.3 Å². The highest BCUT2D eigenvalue weighted by atomic mass is 19.1. The van der Waals surface area contributed by atoms with Crippen LogP contribution in [-0.2, 0) is 6.42 Å². The number of fused-ring (bicyclic) bond motifs is 1. The lowest BCUT2D eigenvalue weighted by Crippen LogP contribution is -2.22. The molecule has 0 spiro atoms. The Morgan fingerprint density at radius 1 is 1.00 bits per heavy atom. The fraction of sp³-hybridized carbons (Fsp3) is 0.318. The lowest BCUT2D eigenvalue weighted by atomic mass is 10.1. The van der Waals surface area contributed by atoms with Gasteiger partial charge in [-0.1, -0.05) is 12.1 Å². The van der Waals surface area contributed by atoms with Crippen LogP contribution in [0.15, 0.2) is 54.7 Å². The van der Waals surface area contributed by atoms with Gasteiger partial charge in [0.25, 0.3) is 0 Å². The highest BCUT2D eigenvalue weighted by Crippen LogP contribution is 2.25. The first kappa shape index (κ1) is 19.1. The molecule has 4 nitrogen and oxygen atoms in total. The molecule has 0 unspecified atom stereocenters. The predicted octanol–water partition coefficient (Wildman–Crippen LogP) is 4.37. The van der Waals surface area contributed by atoms with E-state index in [-0.39, 0.29) is 5.82 Å². The molecule has 0 saturated heterocycles. The topological polar surface area (TPSA) is 43.4 Å². The second-order valence-electron chi connectivity index (χ2n) is 6.35. The number of hydrogen-bond donors (Lipinski definition) is 1. The van der Waals surface area contributed by atoms with Crippen molar-refractivity contribution >= 4 is 10.9 Å². The van der Waals surface area contributed by atoms with Crippen molar-refractivity contribution in [3.63, 3.8) is 0 Å². The van der Waals surface area contributed by atoms with E-state index in [9.17, 15) is 4.39 Å². The Hall–Kier alpha value is -2.66. The van der Waals surface area contributed by atoms with Crippen molar-refractivity contribution in [2.45, 2.75) is 19.3 Å². The van der Waals surface area contributed by atoms with Gasteiger partial charge >= 0.3 is 0 Å². The zero-order valence-corrected chi connectivity index (χ0v) is 15.6.